The van der Waals surface area contributed by atoms with Crippen molar-refractivity contribution in [1.82, 2.24) is 9.62 Å². The number of hydrogen-bond donors (Lipinski definition) is 4. The predicted molar refractivity (Wildman–Crippen MR) is 139 cm³/mol. The highest BCUT2D eigenvalue weighted by atomic mass is 79.9. The van der Waals surface area contributed by atoms with Crippen LogP contribution < -0.4 is 15.8 Å². The molecule has 0 aliphatic rings. The average Bonchev–Trinajstić information content (AvgIpc) is 3.11. The number of sulfonamides is 1. The van der Waals surface area contributed by atoms with Gasteiger partial charge in [0.2, 0.25) is 10.0 Å². The van der Waals surface area contributed by atoms with Gasteiger partial charge in [0, 0.05) is 18.6 Å². The molecule has 0 spiro atoms. The third-order valence-electron chi connectivity index (χ3n) is 4.81. The fourth-order valence-electron chi connectivity index (χ4n) is 3.05. The van der Waals surface area contributed by atoms with Gasteiger partial charge in [-0.3, -0.25) is 0 Å². The molecule has 14 heteroatoms. The van der Waals surface area contributed by atoms with Gasteiger partial charge in [-0.25, -0.2) is 17.9 Å². The largest absolute Gasteiger partial charge is 0.504 e. The van der Waals surface area contributed by atoms with Crippen LogP contribution in [-0.2, 0) is 20.2 Å². The van der Waals surface area contributed by atoms with Gasteiger partial charge in [0.25, 0.3) is 0 Å². The summed E-state index contributed by atoms with van der Waals surface area (Å²) >= 11 is 3.13. The van der Waals surface area contributed by atoms with E-state index in [1.165, 1.54) is 26.2 Å². The van der Waals surface area contributed by atoms with E-state index in [0.717, 1.165) is 4.31 Å². The van der Waals surface area contributed by atoms with E-state index in [1.807, 2.05) is 20.8 Å². The Bertz CT molecular complexity index is 1360. The van der Waals surface area contributed by atoms with Gasteiger partial charge in [0.1, 0.15) is 16.4 Å². The molecule has 0 unspecified atom stereocenters. The van der Waals surface area contributed by atoms with E-state index in [2.05, 4.69) is 37.5 Å². The van der Waals surface area contributed by atoms with E-state index in [-0.39, 0.29) is 21.7 Å². The maximum atomic E-state index is 12.7. The van der Waals surface area contributed by atoms with E-state index >= 15 is 0 Å². The molecule has 5 N–H and O–H groups in total. The molecule has 1 heterocycles. The minimum Gasteiger partial charge on any atom is -0.504 e. The molecule has 1 atom stereocenters. The normalized spacial score (nSPS) is 14.1. The predicted octanol–water partition coefficient (Wildman–Crippen LogP) is 3.21. The van der Waals surface area contributed by atoms with Gasteiger partial charge < -0.3 is 20.2 Å². The van der Waals surface area contributed by atoms with E-state index in [1.54, 1.807) is 19.1 Å². The van der Waals surface area contributed by atoms with Gasteiger partial charge in [-0.1, -0.05) is 27.4 Å². The second kappa shape index (κ2) is 10.3. The van der Waals surface area contributed by atoms with Crippen molar-refractivity contribution in [2.45, 2.75) is 38.6 Å². The van der Waals surface area contributed by atoms with Crippen molar-refractivity contribution in [1.29, 1.82) is 0 Å². The second-order valence-corrected chi connectivity index (χ2v) is 13.2. The molecule has 0 bridgehead atoms. The van der Waals surface area contributed by atoms with Crippen LogP contribution in [0.1, 0.15) is 38.3 Å². The molecule has 0 aliphatic carbocycles. The number of furan rings is 1. The van der Waals surface area contributed by atoms with Gasteiger partial charge in [-0.15, -0.1) is 4.40 Å². The van der Waals surface area contributed by atoms with Crippen molar-refractivity contribution in [3.8, 4) is 5.75 Å². The van der Waals surface area contributed by atoms with E-state index in [9.17, 15) is 21.9 Å². The molecule has 1 aromatic heterocycles. The Hall–Kier alpha value is -2.39. The maximum Gasteiger partial charge on any atom is 0.319 e. The molecule has 2 rings (SSSR count). The van der Waals surface area contributed by atoms with Gasteiger partial charge in [-0.2, -0.15) is 8.42 Å². The smallest absolute Gasteiger partial charge is 0.319 e. The number of phenols is 1. The number of anilines is 1. The van der Waals surface area contributed by atoms with Crippen molar-refractivity contribution in [3.63, 3.8) is 0 Å². The lowest BCUT2D eigenvalue weighted by Gasteiger charge is -2.31. The first-order chi connectivity index (χ1) is 15.8. The second-order valence-electron chi connectivity index (χ2n) is 9.01. The molecule has 0 amide bonds. The standard InChI is InChI=1S/C21H30BrN5O6S2/c1-12-8-11-16(33-12)19(21(3,4)5)24-13(2)20(26-35(23,31)32)25-15-10-9-14(22)18(17(15)28)34(29,30)27(6)7/h8-11,19,24,28H,2H2,1,3-7H3,(H,25,26)(H2,23,31,32)/t19-/m0/s1. The summed E-state index contributed by atoms with van der Waals surface area (Å²) in [5, 5.41) is 21.7. The number of hydrogen-bond acceptors (Lipinski definition) is 7. The Kier molecular flexibility index (Phi) is 8.49. The summed E-state index contributed by atoms with van der Waals surface area (Å²) in [6.07, 6.45) is 0. The summed E-state index contributed by atoms with van der Waals surface area (Å²) < 4.78 is 59.4. The summed E-state index contributed by atoms with van der Waals surface area (Å²) in [7, 11) is -5.85. The molecule has 0 aliphatic heterocycles. The molecule has 0 saturated carbocycles. The number of nitrogens with zero attached hydrogens (tertiary/aromatic N) is 2. The Morgan fingerprint density at radius 3 is 2.26 bits per heavy atom. The number of nitrogens with two attached hydrogens (primary N) is 1. The average molecular weight is 593 g/mol. The highest BCUT2D eigenvalue weighted by Crippen LogP contribution is 2.39. The molecular weight excluding hydrogens is 562 g/mol. The van der Waals surface area contributed by atoms with Crippen LogP contribution in [0, 0.1) is 12.3 Å². The van der Waals surface area contributed by atoms with Gasteiger partial charge in [0.15, 0.2) is 11.6 Å². The molecule has 2 aromatic rings. The molecule has 0 saturated heterocycles. The monoisotopic (exact) mass is 591 g/mol. The summed E-state index contributed by atoms with van der Waals surface area (Å²) in [5.74, 6) is 0.262. The van der Waals surface area contributed by atoms with Crippen LogP contribution in [0.5, 0.6) is 5.75 Å². The first kappa shape index (κ1) is 28.8. The van der Waals surface area contributed by atoms with Crippen LogP contribution in [0.3, 0.4) is 0 Å². The van der Waals surface area contributed by atoms with E-state index in [0.29, 0.717) is 11.5 Å². The highest BCUT2D eigenvalue weighted by Gasteiger charge is 2.31. The zero-order valence-corrected chi connectivity index (χ0v) is 23.5. The minimum atomic E-state index is -4.41. The number of aromatic hydroxyl groups is 1. The molecular formula is C21H30BrN5O6S2. The summed E-state index contributed by atoms with van der Waals surface area (Å²) in [5.41, 5.74) is -0.542. The highest BCUT2D eigenvalue weighted by molar-refractivity contribution is 9.10. The molecule has 0 radical (unpaired) electrons. The summed E-state index contributed by atoms with van der Waals surface area (Å²) in [6, 6.07) is 5.85. The lowest BCUT2D eigenvalue weighted by atomic mass is 9.85. The van der Waals surface area contributed by atoms with Gasteiger partial charge in [-0.05, 0) is 52.5 Å². The summed E-state index contributed by atoms with van der Waals surface area (Å²) in [6.45, 7) is 11.5. The zero-order chi connectivity index (χ0) is 26.9. The minimum absolute atomic E-state index is 0.00679. The van der Waals surface area contributed by atoms with E-state index < -0.39 is 42.3 Å². The number of benzene rings is 1. The van der Waals surface area contributed by atoms with Crippen LogP contribution in [0.15, 0.2) is 54.7 Å². The Balaban J connectivity index is 2.56. The fraction of sp³-hybridized carbons (Fsp3) is 0.381. The summed E-state index contributed by atoms with van der Waals surface area (Å²) in [4.78, 5) is -0.417. The van der Waals surface area contributed by atoms with Crippen molar-refractivity contribution in [3.05, 3.63) is 52.5 Å². The number of nitrogens with one attached hydrogen (secondary N) is 2. The zero-order valence-electron chi connectivity index (χ0n) is 20.2. The van der Waals surface area contributed by atoms with Crippen molar-refractivity contribution >= 4 is 47.7 Å². The number of halogens is 1. The number of amidine groups is 1. The van der Waals surface area contributed by atoms with Crippen molar-refractivity contribution in [2.24, 2.45) is 15.0 Å². The molecule has 11 nitrogen and oxygen atoms in total. The Morgan fingerprint density at radius 2 is 1.80 bits per heavy atom. The number of rotatable bonds is 8. The quantitative estimate of drug-likeness (QED) is 0.206. The number of phenolic OH excluding ortho intramolecular Hbond substituents is 1. The Labute approximate surface area is 214 Å². The van der Waals surface area contributed by atoms with Gasteiger partial charge in [0.05, 0.1) is 17.4 Å². The maximum absolute atomic E-state index is 12.7. The molecule has 35 heavy (non-hydrogen) atoms. The van der Waals surface area contributed by atoms with Crippen LogP contribution >= 0.6 is 15.9 Å². The lowest BCUT2D eigenvalue weighted by Crippen LogP contribution is -2.36. The van der Waals surface area contributed by atoms with Crippen molar-refractivity contribution in [2.75, 3.05) is 19.4 Å². The molecule has 194 valence electrons. The van der Waals surface area contributed by atoms with Crippen LogP contribution in [0.25, 0.3) is 0 Å². The van der Waals surface area contributed by atoms with Crippen LogP contribution in [0.4, 0.5) is 5.69 Å². The van der Waals surface area contributed by atoms with Crippen LogP contribution in [-0.4, -0.2) is 46.2 Å². The third-order valence-corrected chi connectivity index (χ3v) is 8.06. The van der Waals surface area contributed by atoms with E-state index in [4.69, 9.17) is 9.56 Å². The first-order valence-corrected chi connectivity index (χ1v) is 13.9. The lowest BCUT2D eigenvalue weighted by molar-refractivity contribution is 0.251. The fourth-order valence-corrected chi connectivity index (χ4v) is 5.43. The Morgan fingerprint density at radius 1 is 1.20 bits per heavy atom. The topological polar surface area (TPSA) is 167 Å². The third kappa shape index (κ3) is 7.07. The molecule has 1 aromatic carbocycles. The van der Waals surface area contributed by atoms with Crippen LogP contribution in [0.2, 0.25) is 0 Å². The van der Waals surface area contributed by atoms with Crippen molar-refractivity contribution < 1.29 is 26.4 Å². The van der Waals surface area contributed by atoms with Gasteiger partial charge >= 0.3 is 10.2 Å². The molecule has 0 fully saturated rings. The first-order valence-electron chi connectivity index (χ1n) is 10.2. The number of aryl methyl sites for hydroxylation is 1. The SMILES string of the molecule is C=C(N[C@@H](c1ccc(C)o1)C(C)(C)C)C(=NS(N)(=O)=O)Nc1ccc(Br)c(S(=O)(=O)N(C)C)c1O.